The number of benzene rings is 2. The summed E-state index contributed by atoms with van der Waals surface area (Å²) in [6.07, 6.45) is -1.33. The summed E-state index contributed by atoms with van der Waals surface area (Å²) in [4.78, 5) is 37.1. The number of fused-ring (bicyclic) bond motifs is 1. The van der Waals surface area contributed by atoms with E-state index in [1.165, 1.54) is 18.2 Å². The summed E-state index contributed by atoms with van der Waals surface area (Å²) in [5, 5.41) is 9.40. The molecule has 266 valence electrons. The van der Waals surface area contributed by atoms with E-state index in [0.29, 0.717) is 54.3 Å². The first kappa shape index (κ1) is 34.9. The lowest BCUT2D eigenvalue weighted by molar-refractivity contribution is -0.142. The van der Waals surface area contributed by atoms with Gasteiger partial charge in [-0.05, 0) is 92.7 Å². The van der Waals surface area contributed by atoms with E-state index in [1.54, 1.807) is 17.9 Å². The second kappa shape index (κ2) is 13.5. The van der Waals surface area contributed by atoms with Gasteiger partial charge in [-0.1, -0.05) is 19.1 Å². The van der Waals surface area contributed by atoms with E-state index in [1.807, 2.05) is 23.6 Å². The number of piperidine rings is 1. The van der Waals surface area contributed by atoms with Crippen LogP contribution in [0.2, 0.25) is 0 Å². The van der Waals surface area contributed by atoms with Crippen molar-refractivity contribution in [2.75, 3.05) is 32.7 Å². The van der Waals surface area contributed by atoms with E-state index in [0.717, 1.165) is 49.3 Å². The van der Waals surface area contributed by atoms with Gasteiger partial charge in [0, 0.05) is 36.0 Å². The van der Waals surface area contributed by atoms with Crippen LogP contribution in [0.15, 0.2) is 54.7 Å². The number of pyridine rings is 1. The summed E-state index contributed by atoms with van der Waals surface area (Å²) in [6, 6.07) is 11.7. The lowest BCUT2D eigenvalue weighted by Crippen LogP contribution is -2.56. The Morgan fingerprint density at radius 3 is 2.29 bits per heavy atom. The molecule has 8 nitrogen and oxygen atoms in total. The topological polar surface area (TPSA) is 91.0 Å². The van der Waals surface area contributed by atoms with Crippen LogP contribution in [0.3, 0.4) is 0 Å². The number of Topliss-reactive ketones (excluding diaryl/α,β-unsaturated/α-hetero) is 1. The van der Waals surface area contributed by atoms with Crippen molar-refractivity contribution in [3.63, 3.8) is 0 Å². The molecule has 0 spiro atoms. The standard InChI is InChI=1S/C37H34F5N5O3S/c1-3-28-33(47-16-23(6-11-29(47)43-28)21-12-14-45(15-13-21)19-30(49)46-17-25(48)18-46)26-9-10-27(31(39)20(26)2)36-44-32(22-4-7-24(38)8-5-22)34(51-36)35(50)37(40,41)42/h4-11,16,21,25,48H,3,12-15,17-19H2,1-2H3. The number of carbonyl (C=O) groups is 2. The number of alkyl halides is 3. The molecular formula is C37H34F5N5O3S. The highest BCUT2D eigenvalue weighted by molar-refractivity contribution is 7.17. The largest absolute Gasteiger partial charge is 0.455 e. The predicted octanol–water partition coefficient (Wildman–Crippen LogP) is 7.07. The first-order chi connectivity index (χ1) is 24.3. The lowest BCUT2D eigenvalue weighted by atomic mass is 9.90. The Bertz CT molecular complexity index is 2130. The molecule has 1 amide bonds. The van der Waals surface area contributed by atoms with Crippen molar-refractivity contribution in [1.29, 1.82) is 0 Å². The van der Waals surface area contributed by atoms with Crippen molar-refractivity contribution >= 4 is 28.7 Å². The van der Waals surface area contributed by atoms with Gasteiger partial charge in [-0.15, -0.1) is 11.3 Å². The average Bonchev–Trinajstić information content (AvgIpc) is 3.69. The molecule has 2 aromatic carbocycles. The average molecular weight is 724 g/mol. The van der Waals surface area contributed by atoms with Crippen LogP contribution in [0, 0.1) is 18.6 Å². The highest BCUT2D eigenvalue weighted by Gasteiger charge is 2.42. The van der Waals surface area contributed by atoms with Crippen molar-refractivity contribution in [3.8, 4) is 33.1 Å². The number of amides is 1. The summed E-state index contributed by atoms with van der Waals surface area (Å²) in [7, 11) is 0. The number of nitrogens with zero attached hydrogens (tertiary/aromatic N) is 5. The SMILES string of the molecule is CCc1nc2ccc(C3CCN(CC(=O)N4CC(O)C4)CC3)cn2c1-c1ccc(-c2nc(-c3ccc(F)cc3)c(C(=O)C(F)(F)F)s2)c(F)c1C. The van der Waals surface area contributed by atoms with Crippen LogP contribution in [0.25, 0.3) is 38.7 Å². The van der Waals surface area contributed by atoms with Gasteiger partial charge in [0.2, 0.25) is 5.91 Å². The fourth-order valence-electron chi connectivity index (χ4n) is 6.89. The molecule has 14 heteroatoms. The number of aliphatic hydroxyl groups excluding tert-OH is 1. The molecule has 0 bridgehead atoms. The van der Waals surface area contributed by atoms with E-state index in [9.17, 15) is 32.3 Å². The van der Waals surface area contributed by atoms with E-state index >= 15 is 4.39 Å². The van der Waals surface area contributed by atoms with Crippen LogP contribution in [0.4, 0.5) is 22.0 Å². The molecule has 0 unspecified atom stereocenters. The zero-order chi connectivity index (χ0) is 36.2. The molecule has 0 radical (unpaired) electrons. The molecule has 2 aliphatic heterocycles. The Balaban J connectivity index is 1.19. The van der Waals surface area contributed by atoms with Crippen LogP contribution in [-0.4, -0.2) is 86.0 Å². The molecule has 7 rings (SSSR count). The number of aliphatic hydroxyl groups is 1. The molecule has 0 atom stereocenters. The monoisotopic (exact) mass is 723 g/mol. The number of imidazole rings is 1. The van der Waals surface area contributed by atoms with Gasteiger partial charge in [-0.2, -0.15) is 13.2 Å². The predicted molar refractivity (Wildman–Crippen MR) is 183 cm³/mol. The van der Waals surface area contributed by atoms with Gasteiger partial charge in [0.05, 0.1) is 29.7 Å². The molecule has 1 N–H and O–H groups in total. The molecule has 0 aliphatic carbocycles. The maximum absolute atomic E-state index is 16.3. The summed E-state index contributed by atoms with van der Waals surface area (Å²) >= 11 is 0.443. The summed E-state index contributed by atoms with van der Waals surface area (Å²) in [6.45, 7) is 6.16. The number of β-amino-alcohol motifs (C(OH)–C–C–N with tert-alkyl or cyclic N) is 1. The lowest BCUT2D eigenvalue weighted by Gasteiger charge is -2.38. The first-order valence-electron chi connectivity index (χ1n) is 16.7. The fourth-order valence-corrected chi connectivity index (χ4v) is 7.95. The Labute approximate surface area is 294 Å². The summed E-state index contributed by atoms with van der Waals surface area (Å²) in [5.41, 5.74) is 3.77. The zero-order valence-corrected chi connectivity index (χ0v) is 28.6. The van der Waals surface area contributed by atoms with Gasteiger partial charge < -0.3 is 10.0 Å². The maximum Gasteiger partial charge on any atom is 0.455 e. The van der Waals surface area contributed by atoms with Crippen molar-refractivity contribution in [2.45, 2.75) is 51.3 Å². The molecule has 5 heterocycles. The van der Waals surface area contributed by atoms with Crippen LogP contribution in [0.1, 0.15) is 52.2 Å². The number of thiazole rings is 1. The highest BCUT2D eigenvalue weighted by Crippen LogP contribution is 2.41. The number of carbonyl (C=O) groups excluding carboxylic acids is 2. The number of hydrogen-bond donors (Lipinski definition) is 1. The second-order valence-corrected chi connectivity index (χ2v) is 14.1. The molecule has 5 aromatic rings. The smallest absolute Gasteiger partial charge is 0.389 e. The van der Waals surface area contributed by atoms with Gasteiger partial charge in [0.15, 0.2) is 0 Å². The van der Waals surface area contributed by atoms with E-state index in [2.05, 4.69) is 16.0 Å². The normalized spacial score (nSPS) is 16.2. The molecule has 2 saturated heterocycles. The van der Waals surface area contributed by atoms with Gasteiger partial charge in [0.1, 0.15) is 27.2 Å². The Kier molecular flexibility index (Phi) is 9.27. The molecule has 0 saturated carbocycles. The third kappa shape index (κ3) is 6.67. The summed E-state index contributed by atoms with van der Waals surface area (Å²) < 4.78 is 72.6. The number of halogens is 5. The quantitative estimate of drug-likeness (QED) is 0.136. The molecular weight excluding hydrogens is 689 g/mol. The molecule has 51 heavy (non-hydrogen) atoms. The van der Waals surface area contributed by atoms with Crippen LogP contribution >= 0.6 is 11.3 Å². The number of aromatic nitrogens is 3. The van der Waals surface area contributed by atoms with E-state index < -0.39 is 34.6 Å². The number of likely N-dealkylation sites (tertiary alicyclic amines) is 2. The number of aryl methyl sites for hydroxylation is 1. The Hall–Kier alpha value is -4.53. The third-order valence-corrected chi connectivity index (χ3v) is 10.8. The number of ketones is 1. The summed E-state index contributed by atoms with van der Waals surface area (Å²) in [5.74, 6) is -3.15. The van der Waals surface area contributed by atoms with Gasteiger partial charge in [-0.25, -0.2) is 18.7 Å². The fraction of sp³-hybridized carbons (Fsp3) is 0.351. The van der Waals surface area contributed by atoms with Gasteiger partial charge in [-0.3, -0.25) is 18.9 Å². The number of rotatable bonds is 8. The van der Waals surface area contributed by atoms with Crippen molar-refractivity contribution in [3.05, 3.63) is 88.1 Å². The van der Waals surface area contributed by atoms with E-state index in [4.69, 9.17) is 4.98 Å². The van der Waals surface area contributed by atoms with Crippen LogP contribution in [-0.2, 0) is 11.2 Å². The minimum absolute atomic E-state index is 0.0300. The Morgan fingerprint density at radius 2 is 1.65 bits per heavy atom. The van der Waals surface area contributed by atoms with Crippen molar-refractivity contribution in [2.24, 2.45) is 0 Å². The van der Waals surface area contributed by atoms with Gasteiger partial charge >= 0.3 is 6.18 Å². The maximum atomic E-state index is 16.3. The third-order valence-electron chi connectivity index (χ3n) is 9.76. The minimum Gasteiger partial charge on any atom is -0.389 e. The molecule has 3 aromatic heterocycles. The van der Waals surface area contributed by atoms with Crippen molar-refractivity contribution in [1.82, 2.24) is 24.2 Å². The number of hydrogen-bond acceptors (Lipinski definition) is 7. The van der Waals surface area contributed by atoms with Crippen molar-refractivity contribution < 1.29 is 36.6 Å². The Morgan fingerprint density at radius 1 is 0.961 bits per heavy atom. The van der Waals surface area contributed by atoms with E-state index in [-0.39, 0.29) is 39.2 Å². The second-order valence-electron chi connectivity index (χ2n) is 13.1. The molecule has 2 fully saturated rings. The highest BCUT2D eigenvalue weighted by atomic mass is 32.1. The van der Waals surface area contributed by atoms with Crippen LogP contribution in [0.5, 0.6) is 0 Å². The van der Waals surface area contributed by atoms with Crippen LogP contribution < -0.4 is 0 Å². The minimum atomic E-state index is -5.19. The van der Waals surface area contributed by atoms with Gasteiger partial charge in [0.25, 0.3) is 5.78 Å². The first-order valence-corrected chi connectivity index (χ1v) is 17.5. The molecule has 2 aliphatic rings. The zero-order valence-electron chi connectivity index (χ0n) is 27.8.